The van der Waals surface area contributed by atoms with E-state index in [1.54, 1.807) is 0 Å². The van der Waals surface area contributed by atoms with Gasteiger partial charge in [-0.1, -0.05) is 373 Å². The van der Waals surface area contributed by atoms with Gasteiger partial charge >= 0.3 is 17.9 Å². The van der Waals surface area contributed by atoms with Crippen LogP contribution in [0.4, 0.5) is 0 Å². The number of rotatable bonds is 71. The second kappa shape index (κ2) is 72.4. The quantitative estimate of drug-likeness (QED) is 0.0261. The molecule has 0 amide bonds. The molecule has 0 aliphatic heterocycles. The lowest BCUT2D eigenvalue weighted by atomic mass is 10.0. The molecule has 0 heterocycles. The van der Waals surface area contributed by atoms with Crippen molar-refractivity contribution >= 4 is 17.9 Å². The van der Waals surface area contributed by atoms with Gasteiger partial charge in [-0.2, -0.15) is 0 Å². The molecule has 0 bridgehead atoms. The number of hydrogen-bond acceptors (Lipinski definition) is 6. The van der Waals surface area contributed by atoms with Crippen LogP contribution in [-0.4, -0.2) is 37.2 Å². The molecule has 0 aromatic carbocycles. The minimum Gasteiger partial charge on any atom is -0.462 e. The normalized spacial score (nSPS) is 12.1. The third kappa shape index (κ3) is 70.5. The molecule has 0 radical (unpaired) electrons. The van der Waals surface area contributed by atoms with Crippen molar-refractivity contribution in [2.75, 3.05) is 13.2 Å². The van der Waals surface area contributed by atoms with Gasteiger partial charge in [-0.15, -0.1) is 0 Å². The monoisotopic (exact) mass is 1170 g/mol. The molecule has 0 saturated carbocycles. The van der Waals surface area contributed by atoms with Crippen LogP contribution in [0, 0.1) is 0 Å². The van der Waals surface area contributed by atoms with Crippen LogP contribution in [0.25, 0.3) is 0 Å². The second-order valence-corrected chi connectivity index (χ2v) is 25.9. The SMILES string of the molecule is CCCC/C=C\CCCCCCCC(=O)OCC(COC(=O)CCCCCCCCCCCCCCCCCCCCCCCCC/C=C\CCCCCCCCCC)OC(=O)CCCCCCCCCCCCCCCCCCCCC. The van der Waals surface area contributed by atoms with Crippen LogP contribution in [0.3, 0.4) is 0 Å². The summed E-state index contributed by atoms with van der Waals surface area (Å²) in [6.07, 6.45) is 89.7. The van der Waals surface area contributed by atoms with Gasteiger partial charge < -0.3 is 14.2 Å². The zero-order valence-corrected chi connectivity index (χ0v) is 56.5. The average molecular weight is 1170 g/mol. The molecule has 6 heteroatoms. The molecule has 1 atom stereocenters. The van der Waals surface area contributed by atoms with Gasteiger partial charge in [-0.05, 0) is 64.2 Å². The van der Waals surface area contributed by atoms with Gasteiger partial charge in [0.05, 0.1) is 0 Å². The van der Waals surface area contributed by atoms with Crippen LogP contribution >= 0.6 is 0 Å². The first-order valence-corrected chi connectivity index (χ1v) is 37.8. The van der Waals surface area contributed by atoms with Crippen molar-refractivity contribution in [2.24, 2.45) is 0 Å². The molecule has 0 N–H and O–H groups in total. The highest BCUT2D eigenvalue weighted by Gasteiger charge is 2.20. The standard InChI is InChI=1S/C77H146O6/c1-4-7-10-13-16-19-22-24-26-28-30-31-32-33-34-35-36-37-38-39-40-41-42-43-44-45-47-48-50-52-55-58-61-64-67-70-76(79)82-73-74(72-81-75(78)69-66-63-60-57-54-21-18-15-12-9-6-3)83-77(80)71-68-65-62-59-56-53-51-49-46-29-27-25-23-20-17-14-11-8-5-2/h15,18,28,30,74H,4-14,16-17,19-27,29,31-73H2,1-3H3/b18-15-,30-28-. The van der Waals surface area contributed by atoms with E-state index < -0.39 is 6.10 Å². The number of unbranched alkanes of at least 4 members (excludes halogenated alkanes) is 56. The zero-order valence-electron chi connectivity index (χ0n) is 56.5. The van der Waals surface area contributed by atoms with E-state index in [1.165, 1.54) is 327 Å². The molecule has 1 unspecified atom stereocenters. The minimum atomic E-state index is -0.770. The Labute approximate surface area is 519 Å². The predicted octanol–water partition coefficient (Wildman–Crippen LogP) is 26.1. The van der Waals surface area contributed by atoms with E-state index in [2.05, 4.69) is 45.1 Å². The van der Waals surface area contributed by atoms with E-state index in [4.69, 9.17) is 14.2 Å². The minimum absolute atomic E-state index is 0.0670. The maximum atomic E-state index is 12.9. The molecule has 0 fully saturated rings. The molecule has 6 nitrogen and oxygen atoms in total. The molecule has 0 saturated heterocycles. The molecule has 0 aromatic heterocycles. The first-order chi connectivity index (χ1) is 41.0. The number of carbonyl (C=O) groups is 3. The Bertz CT molecular complexity index is 1340. The Kier molecular flexibility index (Phi) is 70.5. The average Bonchev–Trinajstić information content (AvgIpc) is 3.48. The maximum Gasteiger partial charge on any atom is 0.306 e. The smallest absolute Gasteiger partial charge is 0.306 e. The van der Waals surface area contributed by atoms with Gasteiger partial charge in [0.15, 0.2) is 6.10 Å². The summed E-state index contributed by atoms with van der Waals surface area (Å²) in [5.74, 6) is -0.844. The van der Waals surface area contributed by atoms with Gasteiger partial charge in [-0.25, -0.2) is 0 Å². The van der Waals surface area contributed by atoms with Crippen LogP contribution in [0.2, 0.25) is 0 Å². The van der Waals surface area contributed by atoms with Crippen LogP contribution < -0.4 is 0 Å². The predicted molar refractivity (Wildman–Crippen MR) is 363 cm³/mol. The van der Waals surface area contributed by atoms with Crippen molar-refractivity contribution in [2.45, 2.75) is 438 Å². The van der Waals surface area contributed by atoms with Crippen molar-refractivity contribution in [3.63, 3.8) is 0 Å². The Balaban J connectivity index is 4.02. The van der Waals surface area contributed by atoms with Crippen LogP contribution in [0.5, 0.6) is 0 Å². The van der Waals surface area contributed by atoms with Crippen molar-refractivity contribution in [1.29, 1.82) is 0 Å². The third-order valence-corrected chi connectivity index (χ3v) is 17.4. The lowest BCUT2D eigenvalue weighted by Crippen LogP contribution is -2.30. The summed E-state index contributed by atoms with van der Waals surface area (Å²) in [5, 5.41) is 0. The first kappa shape index (κ1) is 80.9. The number of esters is 3. The summed E-state index contributed by atoms with van der Waals surface area (Å²) in [6, 6.07) is 0. The summed E-state index contributed by atoms with van der Waals surface area (Å²) in [4.78, 5) is 38.4. The Morgan fingerprint density at radius 3 is 0.639 bits per heavy atom. The highest BCUT2D eigenvalue weighted by Crippen LogP contribution is 2.19. The van der Waals surface area contributed by atoms with Crippen LogP contribution in [-0.2, 0) is 28.6 Å². The van der Waals surface area contributed by atoms with E-state index in [-0.39, 0.29) is 31.1 Å². The number of carbonyl (C=O) groups excluding carboxylic acids is 3. The van der Waals surface area contributed by atoms with Crippen LogP contribution in [0.15, 0.2) is 24.3 Å². The largest absolute Gasteiger partial charge is 0.462 e. The van der Waals surface area contributed by atoms with Crippen molar-refractivity contribution < 1.29 is 28.6 Å². The van der Waals surface area contributed by atoms with Crippen molar-refractivity contribution in [1.82, 2.24) is 0 Å². The van der Waals surface area contributed by atoms with E-state index in [1.807, 2.05) is 0 Å². The van der Waals surface area contributed by atoms with E-state index >= 15 is 0 Å². The summed E-state index contributed by atoms with van der Waals surface area (Å²) in [5.41, 5.74) is 0. The van der Waals surface area contributed by atoms with Gasteiger partial charge in [0.2, 0.25) is 0 Å². The van der Waals surface area contributed by atoms with Gasteiger partial charge in [0.1, 0.15) is 13.2 Å². The molecule has 83 heavy (non-hydrogen) atoms. The van der Waals surface area contributed by atoms with Gasteiger partial charge in [-0.3, -0.25) is 14.4 Å². The molecular weight excluding hydrogens is 1020 g/mol. The summed E-state index contributed by atoms with van der Waals surface area (Å²) < 4.78 is 17.0. The maximum absolute atomic E-state index is 12.9. The van der Waals surface area contributed by atoms with Gasteiger partial charge in [0, 0.05) is 19.3 Å². The number of ether oxygens (including phenoxy) is 3. The van der Waals surface area contributed by atoms with E-state index in [0.29, 0.717) is 19.3 Å². The van der Waals surface area contributed by atoms with Crippen molar-refractivity contribution in [3.05, 3.63) is 24.3 Å². The molecule has 0 aliphatic carbocycles. The summed E-state index contributed by atoms with van der Waals surface area (Å²) in [7, 11) is 0. The molecule has 0 rings (SSSR count). The number of allylic oxidation sites excluding steroid dienone is 4. The number of hydrogen-bond donors (Lipinski definition) is 0. The van der Waals surface area contributed by atoms with E-state index in [9.17, 15) is 14.4 Å². The topological polar surface area (TPSA) is 78.9 Å². The zero-order chi connectivity index (χ0) is 59.9. The highest BCUT2D eigenvalue weighted by atomic mass is 16.6. The Morgan fingerprint density at radius 1 is 0.229 bits per heavy atom. The molecule has 0 aromatic rings. The molecule has 0 aliphatic rings. The van der Waals surface area contributed by atoms with Crippen molar-refractivity contribution in [3.8, 4) is 0 Å². The second-order valence-electron chi connectivity index (χ2n) is 25.9. The first-order valence-electron chi connectivity index (χ1n) is 37.8. The van der Waals surface area contributed by atoms with Gasteiger partial charge in [0.25, 0.3) is 0 Å². The van der Waals surface area contributed by atoms with Crippen LogP contribution in [0.1, 0.15) is 432 Å². The fourth-order valence-corrected chi connectivity index (χ4v) is 11.7. The summed E-state index contributed by atoms with van der Waals surface area (Å²) >= 11 is 0. The molecule has 490 valence electrons. The lowest BCUT2D eigenvalue weighted by molar-refractivity contribution is -0.167. The lowest BCUT2D eigenvalue weighted by Gasteiger charge is -2.18. The van der Waals surface area contributed by atoms with E-state index in [0.717, 1.165) is 64.2 Å². The Morgan fingerprint density at radius 2 is 0.410 bits per heavy atom. The fraction of sp³-hybridized carbons (Fsp3) is 0.909. The highest BCUT2D eigenvalue weighted by molar-refractivity contribution is 5.71. The molecular formula is C77H146O6. The molecule has 0 spiro atoms. The summed E-state index contributed by atoms with van der Waals surface area (Å²) in [6.45, 7) is 6.68. The third-order valence-electron chi connectivity index (χ3n) is 17.4. The fourth-order valence-electron chi connectivity index (χ4n) is 11.7. The Hall–Kier alpha value is -2.11.